The van der Waals surface area contributed by atoms with Crippen LogP contribution in [0.25, 0.3) is 11.3 Å². The van der Waals surface area contributed by atoms with Crippen LogP contribution < -0.4 is 10.0 Å². The van der Waals surface area contributed by atoms with Crippen molar-refractivity contribution >= 4 is 17.6 Å². The molecule has 0 aliphatic carbocycles. The fraction of sp³-hybridized carbons (Fsp3) is 0.292. The number of alkyl halides is 3. The fourth-order valence-corrected chi connectivity index (χ4v) is 4.39. The van der Waals surface area contributed by atoms with E-state index in [1.807, 2.05) is 17.9 Å². The SMILES string of the molecule is CC1CN(Cc2ccc(NSc3ccc(-c4ccc(F)cc4)nc3)cc2C(F)(F)F)CCN1. The molecule has 2 aromatic carbocycles. The molecule has 0 spiro atoms. The highest BCUT2D eigenvalue weighted by atomic mass is 32.2. The van der Waals surface area contributed by atoms with Gasteiger partial charge in [-0.25, -0.2) is 4.39 Å². The van der Waals surface area contributed by atoms with E-state index < -0.39 is 11.7 Å². The van der Waals surface area contributed by atoms with Crippen molar-refractivity contribution in [2.24, 2.45) is 0 Å². The van der Waals surface area contributed by atoms with Gasteiger partial charge in [-0.1, -0.05) is 6.07 Å². The number of anilines is 1. The Balaban J connectivity index is 1.44. The van der Waals surface area contributed by atoms with Crippen LogP contribution in [0.3, 0.4) is 0 Å². The molecule has 174 valence electrons. The van der Waals surface area contributed by atoms with E-state index >= 15 is 0 Å². The van der Waals surface area contributed by atoms with Gasteiger partial charge in [-0.2, -0.15) is 13.2 Å². The normalized spacial score (nSPS) is 17.2. The number of hydrogen-bond donors (Lipinski definition) is 2. The topological polar surface area (TPSA) is 40.2 Å². The van der Waals surface area contributed by atoms with Crippen molar-refractivity contribution in [3.05, 3.63) is 77.7 Å². The second-order valence-corrected chi connectivity index (χ2v) is 8.93. The standard InChI is InChI=1S/C24H24F4N4S/c1-16-14-32(11-10-29-16)15-18-4-7-20(12-22(18)24(26,27)28)31-33-21-8-9-23(30-13-21)17-2-5-19(25)6-3-17/h2-9,12-13,16,29,31H,10-11,14-15H2,1H3. The van der Waals surface area contributed by atoms with Crippen LogP contribution in [0, 0.1) is 5.82 Å². The van der Waals surface area contributed by atoms with Crippen molar-refractivity contribution < 1.29 is 17.6 Å². The molecule has 1 fully saturated rings. The first-order chi connectivity index (χ1) is 15.8. The molecule has 0 radical (unpaired) electrons. The first-order valence-corrected chi connectivity index (χ1v) is 11.4. The lowest BCUT2D eigenvalue weighted by Gasteiger charge is -2.32. The van der Waals surface area contributed by atoms with Crippen molar-refractivity contribution in [1.29, 1.82) is 0 Å². The highest BCUT2D eigenvalue weighted by molar-refractivity contribution is 8.00. The average molecular weight is 477 g/mol. The van der Waals surface area contributed by atoms with Gasteiger partial charge in [0.1, 0.15) is 5.82 Å². The zero-order valence-electron chi connectivity index (χ0n) is 18.0. The van der Waals surface area contributed by atoms with Crippen molar-refractivity contribution in [2.45, 2.75) is 30.6 Å². The van der Waals surface area contributed by atoms with Crippen LogP contribution in [0.5, 0.6) is 0 Å². The van der Waals surface area contributed by atoms with E-state index in [1.165, 1.54) is 24.1 Å². The minimum absolute atomic E-state index is 0.258. The lowest BCUT2D eigenvalue weighted by atomic mass is 10.0. The van der Waals surface area contributed by atoms with Gasteiger partial charge in [0.25, 0.3) is 0 Å². The second kappa shape index (κ2) is 10.1. The Kier molecular flexibility index (Phi) is 7.21. The van der Waals surface area contributed by atoms with Crippen LogP contribution in [0.15, 0.2) is 65.7 Å². The van der Waals surface area contributed by atoms with Gasteiger partial charge < -0.3 is 10.0 Å². The Morgan fingerprint density at radius 3 is 2.58 bits per heavy atom. The van der Waals surface area contributed by atoms with E-state index in [2.05, 4.69) is 15.0 Å². The number of hydrogen-bond acceptors (Lipinski definition) is 5. The number of benzene rings is 2. The summed E-state index contributed by atoms with van der Waals surface area (Å²) in [6.45, 7) is 4.50. The number of halogens is 4. The lowest BCUT2D eigenvalue weighted by Crippen LogP contribution is -2.48. The largest absolute Gasteiger partial charge is 0.416 e. The fourth-order valence-electron chi connectivity index (χ4n) is 3.79. The van der Waals surface area contributed by atoms with Crippen LogP contribution in [-0.2, 0) is 12.7 Å². The van der Waals surface area contributed by atoms with Gasteiger partial charge in [0.05, 0.1) is 11.3 Å². The van der Waals surface area contributed by atoms with Crippen LogP contribution >= 0.6 is 11.9 Å². The maximum Gasteiger partial charge on any atom is 0.416 e. The summed E-state index contributed by atoms with van der Waals surface area (Å²) in [6.07, 6.45) is -2.81. The zero-order valence-corrected chi connectivity index (χ0v) is 18.8. The van der Waals surface area contributed by atoms with Gasteiger partial charge in [0.15, 0.2) is 0 Å². The summed E-state index contributed by atoms with van der Waals surface area (Å²) in [5, 5.41) is 3.30. The first-order valence-electron chi connectivity index (χ1n) is 10.6. The number of piperazine rings is 1. The van der Waals surface area contributed by atoms with Crippen molar-refractivity contribution in [2.75, 3.05) is 24.4 Å². The van der Waals surface area contributed by atoms with Gasteiger partial charge in [0.2, 0.25) is 0 Å². The molecule has 9 heteroatoms. The maximum absolute atomic E-state index is 13.8. The number of rotatable bonds is 6. The molecule has 3 aromatic rings. The third-order valence-electron chi connectivity index (χ3n) is 5.43. The lowest BCUT2D eigenvalue weighted by molar-refractivity contribution is -0.138. The van der Waals surface area contributed by atoms with Crippen LogP contribution in [0.2, 0.25) is 0 Å². The van der Waals surface area contributed by atoms with E-state index in [0.29, 0.717) is 17.9 Å². The smallest absolute Gasteiger partial charge is 0.326 e. The maximum atomic E-state index is 13.8. The molecule has 1 aromatic heterocycles. The van der Waals surface area contributed by atoms with E-state index in [0.717, 1.165) is 29.6 Å². The summed E-state index contributed by atoms with van der Waals surface area (Å²) >= 11 is 1.18. The Labute approximate surface area is 194 Å². The molecular weight excluding hydrogens is 452 g/mol. The van der Waals surface area contributed by atoms with Gasteiger partial charge >= 0.3 is 6.18 Å². The Hall–Kier alpha value is -2.62. The van der Waals surface area contributed by atoms with Gasteiger partial charge in [0, 0.05) is 54.6 Å². The third kappa shape index (κ3) is 6.25. The molecule has 0 saturated carbocycles. The first kappa shape index (κ1) is 23.5. The third-order valence-corrected chi connectivity index (χ3v) is 6.24. The van der Waals surface area contributed by atoms with E-state index in [4.69, 9.17) is 0 Å². The summed E-state index contributed by atoms with van der Waals surface area (Å²) in [7, 11) is 0. The summed E-state index contributed by atoms with van der Waals surface area (Å²) in [4.78, 5) is 7.15. The van der Waals surface area contributed by atoms with Gasteiger partial charge in [-0.15, -0.1) is 0 Å². The number of pyridine rings is 1. The quantitative estimate of drug-likeness (QED) is 0.347. The Bertz CT molecular complexity index is 1070. The van der Waals surface area contributed by atoms with Crippen LogP contribution in [0.4, 0.5) is 23.2 Å². The van der Waals surface area contributed by atoms with Crippen molar-refractivity contribution in [3.63, 3.8) is 0 Å². The highest BCUT2D eigenvalue weighted by Gasteiger charge is 2.34. The predicted molar refractivity (Wildman–Crippen MR) is 123 cm³/mol. The average Bonchev–Trinajstić information content (AvgIpc) is 2.79. The molecule has 2 N–H and O–H groups in total. The molecule has 4 nitrogen and oxygen atoms in total. The van der Waals surface area contributed by atoms with E-state index in [-0.39, 0.29) is 24.0 Å². The molecule has 1 aliphatic heterocycles. The molecule has 0 amide bonds. The summed E-state index contributed by atoms with van der Waals surface area (Å²) in [5.74, 6) is -0.318. The van der Waals surface area contributed by atoms with Crippen molar-refractivity contribution in [1.82, 2.24) is 15.2 Å². The highest BCUT2D eigenvalue weighted by Crippen LogP contribution is 2.35. The Morgan fingerprint density at radius 1 is 1.12 bits per heavy atom. The molecule has 2 heterocycles. The summed E-state index contributed by atoms with van der Waals surface area (Å²) in [5.41, 5.74) is 1.49. The van der Waals surface area contributed by atoms with Crippen LogP contribution in [-0.4, -0.2) is 35.6 Å². The Morgan fingerprint density at radius 2 is 1.91 bits per heavy atom. The predicted octanol–water partition coefficient (Wildman–Crippen LogP) is 5.82. The molecule has 0 bridgehead atoms. The second-order valence-electron chi connectivity index (χ2n) is 8.05. The molecule has 1 aliphatic rings. The molecule has 1 atom stereocenters. The molecular formula is C24H24F4N4S. The van der Waals surface area contributed by atoms with Gasteiger partial charge in [-0.05, 0) is 73.0 Å². The number of nitrogens with one attached hydrogen (secondary N) is 2. The van der Waals surface area contributed by atoms with E-state index in [1.54, 1.807) is 36.5 Å². The number of nitrogens with zero attached hydrogens (tertiary/aromatic N) is 2. The minimum Gasteiger partial charge on any atom is -0.326 e. The van der Waals surface area contributed by atoms with Crippen LogP contribution in [0.1, 0.15) is 18.1 Å². The zero-order chi connectivity index (χ0) is 23.4. The van der Waals surface area contributed by atoms with E-state index in [9.17, 15) is 17.6 Å². The monoisotopic (exact) mass is 476 g/mol. The van der Waals surface area contributed by atoms with Crippen molar-refractivity contribution in [3.8, 4) is 11.3 Å². The molecule has 1 unspecified atom stereocenters. The number of aromatic nitrogens is 1. The molecule has 1 saturated heterocycles. The molecule has 4 rings (SSSR count). The summed E-state index contributed by atoms with van der Waals surface area (Å²) in [6, 6.07) is 14.3. The molecule has 33 heavy (non-hydrogen) atoms. The summed E-state index contributed by atoms with van der Waals surface area (Å²) < 4.78 is 57.3. The minimum atomic E-state index is -4.43. The van der Waals surface area contributed by atoms with Gasteiger partial charge in [-0.3, -0.25) is 9.88 Å².